The van der Waals surface area contributed by atoms with Gasteiger partial charge in [-0.3, -0.25) is 0 Å². The van der Waals surface area contributed by atoms with Crippen LogP contribution >= 0.6 is 0 Å². The van der Waals surface area contributed by atoms with Gasteiger partial charge >= 0.3 is 0 Å². The first kappa shape index (κ1) is 10.3. The largest absolute Gasteiger partial charge is 0.396 e. The summed E-state index contributed by atoms with van der Waals surface area (Å²) in [6, 6.07) is 5.20. The number of hydrogen-bond donors (Lipinski definition) is 3. The van der Waals surface area contributed by atoms with Crippen molar-refractivity contribution in [3.63, 3.8) is 0 Å². The van der Waals surface area contributed by atoms with Crippen molar-refractivity contribution in [2.45, 2.75) is 23.8 Å². The molecule has 1 aliphatic rings. The monoisotopic (exact) mass is 227 g/mol. The third-order valence-electron chi connectivity index (χ3n) is 2.31. The van der Waals surface area contributed by atoms with Crippen LogP contribution in [0.3, 0.4) is 0 Å². The fraction of sp³-hybridized carbons (Fsp3) is 0.333. The van der Waals surface area contributed by atoms with Crippen LogP contribution in [0, 0.1) is 0 Å². The van der Waals surface area contributed by atoms with Gasteiger partial charge in [-0.25, -0.2) is 13.6 Å². The zero-order valence-electron chi connectivity index (χ0n) is 8.10. The third-order valence-corrected chi connectivity index (χ3v) is 3.28. The highest BCUT2D eigenvalue weighted by molar-refractivity contribution is 7.89. The Morgan fingerprint density at radius 2 is 2.00 bits per heavy atom. The van der Waals surface area contributed by atoms with Crippen molar-refractivity contribution in [3.8, 4) is 0 Å². The maximum Gasteiger partial charge on any atom is 0.240 e. The minimum atomic E-state index is -3.74. The Morgan fingerprint density at radius 3 is 2.53 bits per heavy atom. The van der Waals surface area contributed by atoms with Gasteiger partial charge in [-0.2, -0.15) is 0 Å². The van der Waals surface area contributed by atoms with Crippen LogP contribution in [0.5, 0.6) is 0 Å². The zero-order chi connectivity index (χ0) is 11.1. The first-order valence-corrected chi connectivity index (χ1v) is 6.21. The highest BCUT2D eigenvalue weighted by Gasteiger charge is 2.23. The number of nitrogen functional groups attached to an aromatic ring is 1. The van der Waals surface area contributed by atoms with Gasteiger partial charge in [-0.15, -0.1) is 0 Å². The Morgan fingerprint density at radius 1 is 1.33 bits per heavy atom. The van der Waals surface area contributed by atoms with Crippen LogP contribution in [0.15, 0.2) is 23.1 Å². The summed E-state index contributed by atoms with van der Waals surface area (Å²) in [6.45, 7) is 0. The van der Waals surface area contributed by atoms with Crippen LogP contribution in [0.2, 0.25) is 0 Å². The van der Waals surface area contributed by atoms with Gasteiger partial charge in [-0.05, 0) is 25.0 Å². The van der Waals surface area contributed by atoms with Crippen LogP contribution in [0.4, 0.5) is 11.4 Å². The number of primary sulfonamides is 1. The summed E-state index contributed by atoms with van der Waals surface area (Å²) >= 11 is 0. The van der Waals surface area contributed by atoms with Crippen LogP contribution < -0.4 is 16.2 Å². The van der Waals surface area contributed by atoms with Crippen molar-refractivity contribution in [2.24, 2.45) is 5.14 Å². The quantitative estimate of drug-likeness (QED) is 0.654. The Labute approximate surface area is 88.5 Å². The summed E-state index contributed by atoms with van der Waals surface area (Å²) in [7, 11) is -3.74. The van der Waals surface area contributed by atoms with Gasteiger partial charge in [0, 0.05) is 6.04 Å². The second-order valence-corrected chi connectivity index (χ2v) is 5.21. The topological polar surface area (TPSA) is 98.2 Å². The van der Waals surface area contributed by atoms with E-state index in [4.69, 9.17) is 10.9 Å². The summed E-state index contributed by atoms with van der Waals surface area (Å²) in [5.41, 5.74) is 6.57. The number of para-hydroxylation sites is 1. The summed E-state index contributed by atoms with van der Waals surface area (Å²) in [5.74, 6) is 0. The van der Waals surface area contributed by atoms with E-state index in [1.54, 1.807) is 12.1 Å². The van der Waals surface area contributed by atoms with E-state index in [2.05, 4.69) is 5.32 Å². The van der Waals surface area contributed by atoms with Crippen molar-refractivity contribution in [1.29, 1.82) is 0 Å². The van der Waals surface area contributed by atoms with Crippen LogP contribution in [0.1, 0.15) is 12.8 Å². The molecule has 0 amide bonds. The predicted molar refractivity (Wildman–Crippen MR) is 58.9 cm³/mol. The lowest BCUT2D eigenvalue weighted by Gasteiger charge is -2.10. The van der Waals surface area contributed by atoms with Crippen LogP contribution in [0.25, 0.3) is 0 Å². The average molecular weight is 227 g/mol. The van der Waals surface area contributed by atoms with Gasteiger partial charge in [0.25, 0.3) is 0 Å². The molecule has 5 N–H and O–H groups in total. The molecule has 1 aromatic rings. The molecule has 2 rings (SSSR count). The molecule has 0 radical (unpaired) electrons. The lowest BCUT2D eigenvalue weighted by atomic mass is 10.2. The minimum Gasteiger partial charge on any atom is -0.396 e. The third kappa shape index (κ3) is 2.21. The van der Waals surface area contributed by atoms with Gasteiger partial charge in [0.05, 0.1) is 11.4 Å². The first-order valence-electron chi connectivity index (χ1n) is 4.66. The maximum atomic E-state index is 11.2. The van der Waals surface area contributed by atoms with Crippen molar-refractivity contribution in [1.82, 2.24) is 0 Å². The molecular formula is C9H13N3O2S. The summed E-state index contributed by atoms with van der Waals surface area (Å²) in [5, 5.41) is 8.19. The number of sulfonamides is 1. The van der Waals surface area contributed by atoms with E-state index < -0.39 is 10.0 Å². The summed E-state index contributed by atoms with van der Waals surface area (Å²) < 4.78 is 22.4. The summed E-state index contributed by atoms with van der Waals surface area (Å²) in [6.07, 6.45) is 2.19. The smallest absolute Gasteiger partial charge is 0.240 e. The normalized spacial score (nSPS) is 16.3. The molecule has 15 heavy (non-hydrogen) atoms. The number of hydrogen-bond acceptors (Lipinski definition) is 4. The van der Waals surface area contributed by atoms with Gasteiger partial charge in [0.1, 0.15) is 4.90 Å². The number of nitrogens with two attached hydrogens (primary N) is 2. The van der Waals surface area contributed by atoms with E-state index in [0.29, 0.717) is 11.7 Å². The lowest BCUT2D eigenvalue weighted by molar-refractivity contribution is 0.598. The maximum absolute atomic E-state index is 11.2. The molecular weight excluding hydrogens is 214 g/mol. The number of rotatable bonds is 3. The zero-order valence-corrected chi connectivity index (χ0v) is 8.92. The van der Waals surface area contributed by atoms with Gasteiger partial charge in [0.15, 0.2) is 0 Å². The molecule has 5 nitrogen and oxygen atoms in total. The standard InChI is InChI=1S/C9H13N3O2S/c10-9-7(12-6-4-5-6)2-1-3-8(9)15(11,13)14/h1-3,6,12H,4-5,10H2,(H2,11,13,14). The molecule has 0 heterocycles. The molecule has 0 bridgehead atoms. The van der Waals surface area contributed by atoms with Gasteiger partial charge in [0.2, 0.25) is 10.0 Å². The molecule has 0 saturated heterocycles. The molecule has 82 valence electrons. The Bertz CT molecular complexity index is 480. The second kappa shape index (κ2) is 3.39. The molecule has 0 aliphatic heterocycles. The molecule has 1 fully saturated rings. The van der Waals surface area contributed by atoms with Crippen LogP contribution in [-0.4, -0.2) is 14.5 Å². The van der Waals surface area contributed by atoms with Crippen molar-refractivity contribution < 1.29 is 8.42 Å². The van der Waals surface area contributed by atoms with Crippen molar-refractivity contribution in [2.75, 3.05) is 11.1 Å². The SMILES string of the molecule is Nc1c(NC2CC2)cccc1S(N)(=O)=O. The fourth-order valence-electron chi connectivity index (χ4n) is 1.37. The highest BCUT2D eigenvalue weighted by Crippen LogP contribution is 2.31. The van der Waals surface area contributed by atoms with E-state index in [0.717, 1.165) is 12.8 Å². The molecule has 6 heteroatoms. The minimum absolute atomic E-state index is 0.0202. The van der Waals surface area contributed by atoms with Crippen LogP contribution in [-0.2, 0) is 10.0 Å². The van der Waals surface area contributed by atoms with E-state index >= 15 is 0 Å². The van der Waals surface area contributed by atoms with E-state index in [1.165, 1.54) is 6.07 Å². The predicted octanol–water partition coefficient (Wildman–Crippen LogP) is 0.491. The molecule has 0 atom stereocenters. The number of anilines is 2. The van der Waals surface area contributed by atoms with Crippen molar-refractivity contribution >= 4 is 21.4 Å². The first-order chi connectivity index (χ1) is 6.98. The van der Waals surface area contributed by atoms with Gasteiger partial charge in [-0.1, -0.05) is 6.07 Å². The molecule has 1 saturated carbocycles. The summed E-state index contributed by atoms with van der Waals surface area (Å²) in [4.78, 5) is -0.0202. The molecule has 1 aliphatic carbocycles. The fourth-order valence-corrected chi connectivity index (χ4v) is 2.05. The Kier molecular flexibility index (Phi) is 2.32. The van der Waals surface area contributed by atoms with E-state index in [-0.39, 0.29) is 10.6 Å². The van der Waals surface area contributed by atoms with E-state index in [9.17, 15) is 8.42 Å². The second-order valence-electron chi connectivity index (χ2n) is 3.68. The average Bonchev–Trinajstić information content (AvgIpc) is 2.90. The highest BCUT2D eigenvalue weighted by atomic mass is 32.2. The molecule has 0 unspecified atom stereocenters. The van der Waals surface area contributed by atoms with E-state index in [1.807, 2.05) is 0 Å². The molecule has 0 aromatic heterocycles. The molecule has 1 aromatic carbocycles. The molecule has 0 spiro atoms. The Hall–Kier alpha value is -1.27. The van der Waals surface area contributed by atoms with Crippen molar-refractivity contribution in [3.05, 3.63) is 18.2 Å². The lowest BCUT2D eigenvalue weighted by Crippen LogP contribution is -2.15. The van der Waals surface area contributed by atoms with Gasteiger partial charge < -0.3 is 11.1 Å². The Balaban J connectivity index is 2.40. The number of benzene rings is 1. The number of nitrogens with one attached hydrogen (secondary N) is 1.